The number of pyridine rings is 2. The molecule has 2 N–H and O–H groups in total. The molecule has 5 rings (SSSR count). The second kappa shape index (κ2) is 6.69. The number of H-pyrrole nitrogens is 1. The molecule has 1 atom stereocenters. The van der Waals surface area contributed by atoms with E-state index in [1.54, 1.807) is 6.20 Å². The molecular formula is C24H23N5O. The van der Waals surface area contributed by atoms with Crippen molar-refractivity contribution in [3.63, 3.8) is 0 Å². The quantitative estimate of drug-likeness (QED) is 0.527. The Morgan fingerprint density at radius 3 is 2.60 bits per heavy atom. The van der Waals surface area contributed by atoms with E-state index in [9.17, 15) is 4.79 Å². The zero-order valence-corrected chi connectivity index (χ0v) is 17.2. The number of hydrogen-bond acceptors (Lipinski definition) is 4. The van der Waals surface area contributed by atoms with Crippen molar-refractivity contribution >= 4 is 22.8 Å². The standard InChI is InChI=1S/C24H23N5O/c1-15(16-8-5-4-6-9-16)29-22-18(23(30)28-24(29,2)3)11-12-20(27-22)19-14-26-21-17(19)10-7-13-25-21/h4-15H,1-3H3,(H,25,26)(H,28,30)/t15-/m1/s1. The molecule has 150 valence electrons. The number of aromatic nitrogens is 3. The molecule has 4 heterocycles. The number of benzene rings is 1. The first-order valence-corrected chi connectivity index (χ1v) is 10.1. The number of rotatable bonds is 3. The van der Waals surface area contributed by atoms with Crippen LogP contribution in [0, 0.1) is 0 Å². The molecule has 0 saturated carbocycles. The Morgan fingerprint density at radius 1 is 1.00 bits per heavy atom. The molecule has 0 bridgehead atoms. The average molecular weight is 397 g/mol. The molecule has 6 heteroatoms. The summed E-state index contributed by atoms with van der Waals surface area (Å²) in [6.07, 6.45) is 3.68. The van der Waals surface area contributed by atoms with Crippen LogP contribution in [0.1, 0.15) is 42.7 Å². The maximum absolute atomic E-state index is 12.8. The number of amides is 1. The van der Waals surface area contributed by atoms with Crippen molar-refractivity contribution < 1.29 is 4.79 Å². The Hall–Kier alpha value is -3.67. The molecular weight excluding hydrogens is 374 g/mol. The van der Waals surface area contributed by atoms with Gasteiger partial charge in [-0.25, -0.2) is 9.97 Å². The molecule has 0 spiro atoms. The summed E-state index contributed by atoms with van der Waals surface area (Å²) in [5, 5.41) is 4.13. The molecule has 0 saturated heterocycles. The highest BCUT2D eigenvalue weighted by atomic mass is 16.2. The first-order chi connectivity index (χ1) is 14.5. The Morgan fingerprint density at radius 2 is 1.80 bits per heavy atom. The van der Waals surface area contributed by atoms with Gasteiger partial charge in [-0.2, -0.15) is 0 Å². The van der Waals surface area contributed by atoms with Gasteiger partial charge in [0, 0.05) is 23.3 Å². The molecule has 1 aliphatic heterocycles. The van der Waals surface area contributed by atoms with Crippen LogP contribution in [0.25, 0.3) is 22.3 Å². The lowest BCUT2D eigenvalue weighted by Crippen LogP contribution is -2.61. The molecule has 0 fully saturated rings. The summed E-state index contributed by atoms with van der Waals surface area (Å²) in [5.74, 6) is 0.585. The van der Waals surface area contributed by atoms with E-state index in [1.165, 1.54) is 0 Å². The number of carbonyl (C=O) groups excluding carboxylic acids is 1. The summed E-state index contributed by atoms with van der Waals surface area (Å²) in [6, 6.07) is 18.0. The van der Waals surface area contributed by atoms with Crippen molar-refractivity contribution in [1.29, 1.82) is 0 Å². The molecule has 0 unspecified atom stereocenters. The number of aromatic amines is 1. The number of nitrogens with zero attached hydrogens (tertiary/aromatic N) is 3. The van der Waals surface area contributed by atoms with E-state index in [1.807, 2.05) is 62.5 Å². The number of fused-ring (bicyclic) bond motifs is 2. The number of carbonyl (C=O) groups is 1. The van der Waals surface area contributed by atoms with Gasteiger partial charge in [0.1, 0.15) is 17.1 Å². The summed E-state index contributed by atoms with van der Waals surface area (Å²) in [7, 11) is 0. The van der Waals surface area contributed by atoms with E-state index < -0.39 is 5.66 Å². The van der Waals surface area contributed by atoms with Crippen molar-refractivity contribution in [2.75, 3.05) is 4.90 Å². The lowest BCUT2D eigenvalue weighted by molar-refractivity contribution is 0.0892. The van der Waals surface area contributed by atoms with E-state index >= 15 is 0 Å². The van der Waals surface area contributed by atoms with E-state index in [0.29, 0.717) is 11.4 Å². The normalized spacial score (nSPS) is 16.2. The van der Waals surface area contributed by atoms with Gasteiger partial charge in [-0.1, -0.05) is 30.3 Å². The van der Waals surface area contributed by atoms with Crippen LogP contribution in [0.5, 0.6) is 0 Å². The summed E-state index contributed by atoms with van der Waals surface area (Å²) in [6.45, 7) is 6.16. The Kier molecular flexibility index (Phi) is 4.10. The van der Waals surface area contributed by atoms with Crippen LogP contribution in [-0.4, -0.2) is 26.5 Å². The minimum absolute atomic E-state index is 0.0212. The molecule has 1 amide bonds. The van der Waals surface area contributed by atoms with Crippen molar-refractivity contribution in [1.82, 2.24) is 20.3 Å². The first kappa shape index (κ1) is 18.4. The SMILES string of the molecule is C[C@H](c1ccccc1)N1c2nc(-c3c[nH]c4ncccc34)ccc2C(=O)NC1(C)C. The Balaban J connectivity index is 1.68. The fraction of sp³-hybridized carbons (Fsp3) is 0.208. The van der Waals surface area contributed by atoms with Crippen LogP contribution >= 0.6 is 0 Å². The second-order valence-electron chi connectivity index (χ2n) is 8.14. The van der Waals surface area contributed by atoms with E-state index in [-0.39, 0.29) is 11.9 Å². The van der Waals surface area contributed by atoms with Crippen LogP contribution in [0.4, 0.5) is 5.82 Å². The third-order valence-corrected chi connectivity index (χ3v) is 5.77. The molecule has 1 aromatic carbocycles. The van der Waals surface area contributed by atoms with E-state index in [2.05, 4.69) is 39.2 Å². The Bertz CT molecular complexity index is 1240. The number of anilines is 1. The van der Waals surface area contributed by atoms with Crippen LogP contribution in [0.2, 0.25) is 0 Å². The maximum atomic E-state index is 12.8. The monoisotopic (exact) mass is 397 g/mol. The highest BCUT2D eigenvalue weighted by Gasteiger charge is 2.40. The lowest BCUT2D eigenvalue weighted by atomic mass is 9.98. The maximum Gasteiger partial charge on any atom is 0.256 e. The predicted octanol–water partition coefficient (Wildman–Crippen LogP) is 4.67. The van der Waals surface area contributed by atoms with Gasteiger partial charge in [0.05, 0.1) is 17.3 Å². The smallest absolute Gasteiger partial charge is 0.256 e. The molecule has 0 radical (unpaired) electrons. The molecule has 3 aromatic heterocycles. The minimum Gasteiger partial charge on any atom is -0.345 e. The second-order valence-corrected chi connectivity index (χ2v) is 8.14. The van der Waals surface area contributed by atoms with Gasteiger partial charge in [-0.3, -0.25) is 4.79 Å². The van der Waals surface area contributed by atoms with Gasteiger partial charge in [-0.15, -0.1) is 0 Å². The third-order valence-electron chi connectivity index (χ3n) is 5.77. The molecule has 6 nitrogen and oxygen atoms in total. The van der Waals surface area contributed by atoms with Crippen LogP contribution < -0.4 is 10.2 Å². The fourth-order valence-corrected chi connectivity index (χ4v) is 4.35. The van der Waals surface area contributed by atoms with Gasteiger partial charge in [0.15, 0.2) is 0 Å². The van der Waals surface area contributed by atoms with Crippen LogP contribution in [0.3, 0.4) is 0 Å². The summed E-state index contributed by atoms with van der Waals surface area (Å²) >= 11 is 0. The Labute approximate surface area is 175 Å². The van der Waals surface area contributed by atoms with Gasteiger partial charge in [-0.05, 0) is 50.6 Å². The van der Waals surface area contributed by atoms with Crippen molar-refractivity contribution in [2.24, 2.45) is 0 Å². The summed E-state index contributed by atoms with van der Waals surface area (Å²) < 4.78 is 0. The van der Waals surface area contributed by atoms with Gasteiger partial charge in [0.2, 0.25) is 0 Å². The summed E-state index contributed by atoms with van der Waals surface area (Å²) in [5.41, 5.74) is 3.75. The number of hydrogen-bond donors (Lipinski definition) is 2. The van der Waals surface area contributed by atoms with E-state index in [4.69, 9.17) is 4.98 Å². The highest BCUT2D eigenvalue weighted by Crippen LogP contribution is 2.39. The van der Waals surface area contributed by atoms with Crippen molar-refractivity contribution in [3.05, 3.63) is 78.1 Å². The zero-order chi connectivity index (χ0) is 20.9. The van der Waals surface area contributed by atoms with Gasteiger partial charge >= 0.3 is 0 Å². The highest BCUT2D eigenvalue weighted by molar-refractivity contribution is 6.02. The van der Waals surface area contributed by atoms with Crippen LogP contribution in [-0.2, 0) is 0 Å². The topological polar surface area (TPSA) is 73.9 Å². The van der Waals surface area contributed by atoms with Gasteiger partial charge < -0.3 is 15.2 Å². The lowest BCUT2D eigenvalue weighted by Gasteiger charge is -2.47. The van der Waals surface area contributed by atoms with E-state index in [0.717, 1.165) is 27.9 Å². The number of nitrogens with one attached hydrogen (secondary N) is 2. The fourth-order valence-electron chi connectivity index (χ4n) is 4.35. The summed E-state index contributed by atoms with van der Waals surface area (Å²) in [4.78, 5) is 27.6. The minimum atomic E-state index is -0.591. The average Bonchev–Trinajstić information content (AvgIpc) is 3.17. The zero-order valence-electron chi connectivity index (χ0n) is 17.2. The molecule has 1 aliphatic rings. The van der Waals surface area contributed by atoms with Crippen molar-refractivity contribution in [2.45, 2.75) is 32.5 Å². The molecule has 0 aliphatic carbocycles. The van der Waals surface area contributed by atoms with Crippen molar-refractivity contribution in [3.8, 4) is 11.3 Å². The predicted molar refractivity (Wildman–Crippen MR) is 118 cm³/mol. The molecule has 4 aromatic rings. The van der Waals surface area contributed by atoms with Crippen LogP contribution in [0.15, 0.2) is 67.0 Å². The third kappa shape index (κ3) is 2.84. The largest absolute Gasteiger partial charge is 0.345 e. The first-order valence-electron chi connectivity index (χ1n) is 10.1. The molecule has 30 heavy (non-hydrogen) atoms. The van der Waals surface area contributed by atoms with Gasteiger partial charge in [0.25, 0.3) is 5.91 Å².